The molecule has 1 aromatic rings. The zero-order chi connectivity index (χ0) is 22.7. The number of rotatable bonds is 11. The van der Waals surface area contributed by atoms with Gasteiger partial charge in [0.25, 0.3) is 0 Å². The van der Waals surface area contributed by atoms with E-state index in [0.29, 0.717) is 67.9 Å². The molecule has 1 atom stereocenters. The number of sulfonamides is 1. The molecular formula is C21H28ClN3O6S. The minimum absolute atomic E-state index is 0.0105. The Balaban J connectivity index is 1.29. The second kappa shape index (κ2) is 9.84. The van der Waals surface area contributed by atoms with Crippen LogP contribution in [-0.4, -0.2) is 57.3 Å². The van der Waals surface area contributed by atoms with Gasteiger partial charge >= 0.3 is 6.03 Å². The van der Waals surface area contributed by atoms with Gasteiger partial charge in [0, 0.05) is 18.5 Å². The Morgan fingerprint density at radius 3 is 2.72 bits per heavy atom. The Hall–Kier alpha value is -2.04. The summed E-state index contributed by atoms with van der Waals surface area (Å²) < 4.78 is 39.8. The van der Waals surface area contributed by atoms with Crippen LogP contribution < -0.4 is 19.5 Å². The van der Waals surface area contributed by atoms with E-state index in [4.69, 9.17) is 21.1 Å². The van der Waals surface area contributed by atoms with Crippen LogP contribution in [0.2, 0.25) is 5.02 Å². The molecule has 1 aromatic carbocycles. The van der Waals surface area contributed by atoms with Crippen molar-refractivity contribution < 1.29 is 27.5 Å². The first-order valence-electron chi connectivity index (χ1n) is 11.0. The lowest BCUT2D eigenvalue weighted by Crippen LogP contribution is -2.34. The largest absolute Gasteiger partial charge is 0.489 e. The minimum atomic E-state index is -3.51. The molecular weight excluding hydrogens is 458 g/mol. The molecule has 3 aliphatic rings. The predicted molar refractivity (Wildman–Crippen MR) is 118 cm³/mol. The van der Waals surface area contributed by atoms with Gasteiger partial charge in [-0.3, -0.25) is 10.1 Å². The quantitative estimate of drug-likeness (QED) is 0.368. The number of unbranched alkanes of at least 4 members (excludes halogenated alkanes) is 2. The molecule has 2 aliphatic heterocycles. The average molecular weight is 486 g/mol. The van der Waals surface area contributed by atoms with Crippen LogP contribution in [0, 0.1) is 5.92 Å². The van der Waals surface area contributed by atoms with Crippen LogP contribution in [0.1, 0.15) is 50.1 Å². The van der Waals surface area contributed by atoms with Crippen molar-refractivity contribution in [3.63, 3.8) is 0 Å². The van der Waals surface area contributed by atoms with Gasteiger partial charge in [-0.25, -0.2) is 17.9 Å². The van der Waals surface area contributed by atoms with Gasteiger partial charge in [0.2, 0.25) is 15.9 Å². The van der Waals surface area contributed by atoms with E-state index in [0.717, 1.165) is 18.4 Å². The smallest absolute Gasteiger partial charge is 0.324 e. The van der Waals surface area contributed by atoms with Gasteiger partial charge in [0.05, 0.1) is 30.0 Å². The summed E-state index contributed by atoms with van der Waals surface area (Å²) >= 11 is 6.32. The number of nitrogens with zero attached hydrogens (tertiary/aromatic N) is 1. The molecule has 1 saturated heterocycles. The number of amides is 3. The van der Waals surface area contributed by atoms with Crippen LogP contribution in [0.15, 0.2) is 12.1 Å². The number of fused-ring (bicyclic) bond motifs is 1. The number of halogens is 1. The molecule has 2 heterocycles. The molecule has 11 heteroatoms. The molecule has 0 spiro atoms. The highest BCUT2D eigenvalue weighted by Crippen LogP contribution is 2.45. The van der Waals surface area contributed by atoms with Crippen LogP contribution in [0.3, 0.4) is 0 Å². The van der Waals surface area contributed by atoms with Crippen molar-refractivity contribution in [1.82, 2.24) is 14.9 Å². The van der Waals surface area contributed by atoms with Crippen molar-refractivity contribution in [2.24, 2.45) is 5.92 Å². The van der Waals surface area contributed by atoms with Crippen LogP contribution in [0.25, 0.3) is 0 Å². The van der Waals surface area contributed by atoms with Crippen molar-refractivity contribution in [1.29, 1.82) is 0 Å². The number of carbonyl (C=O) groups excluding carboxylic acids is 2. The summed E-state index contributed by atoms with van der Waals surface area (Å²) in [4.78, 5) is 24.1. The average Bonchev–Trinajstić information content (AvgIpc) is 3.50. The first kappa shape index (κ1) is 23.1. The number of nitrogens with one attached hydrogen (secondary N) is 2. The highest BCUT2D eigenvalue weighted by molar-refractivity contribution is 7.89. The van der Waals surface area contributed by atoms with Crippen LogP contribution >= 0.6 is 11.6 Å². The molecule has 9 nitrogen and oxygen atoms in total. The van der Waals surface area contributed by atoms with Gasteiger partial charge in [-0.05, 0) is 37.7 Å². The SMILES string of the molecule is O=C1CN(CCCCCS(=O)(=O)NC2CCOc3c2ccc(Cl)c3OCC2CC2)C(=O)N1. The third kappa shape index (κ3) is 5.85. The van der Waals surface area contributed by atoms with Gasteiger partial charge in [-0.15, -0.1) is 0 Å². The van der Waals surface area contributed by atoms with E-state index in [9.17, 15) is 18.0 Å². The van der Waals surface area contributed by atoms with Crippen molar-refractivity contribution >= 4 is 33.6 Å². The highest BCUT2D eigenvalue weighted by atomic mass is 35.5. The van der Waals surface area contributed by atoms with Crippen LogP contribution in [0.4, 0.5) is 4.79 Å². The van der Waals surface area contributed by atoms with Crippen molar-refractivity contribution in [2.75, 3.05) is 32.1 Å². The van der Waals surface area contributed by atoms with Crippen molar-refractivity contribution in [3.8, 4) is 11.5 Å². The van der Waals surface area contributed by atoms with Gasteiger partial charge in [0.1, 0.15) is 6.54 Å². The number of imide groups is 1. The molecule has 0 aromatic heterocycles. The fraction of sp³-hybridized carbons (Fsp3) is 0.619. The lowest BCUT2D eigenvalue weighted by molar-refractivity contribution is -0.118. The molecule has 1 aliphatic carbocycles. The third-order valence-electron chi connectivity index (χ3n) is 5.81. The Kier molecular flexibility index (Phi) is 7.11. The maximum atomic E-state index is 12.7. The number of hydrogen-bond donors (Lipinski definition) is 2. The zero-order valence-corrected chi connectivity index (χ0v) is 19.3. The molecule has 0 bridgehead atoms. The first-order chi connectivity index (χ1) is 15.3. The number of ether oxygens (including phenoxy) is 2. The molecule has 1 unspecified atom stereocenters. The van der Waals surface area contributed by atoms with E-state index in [1.807, 2.05) is 0 Å². The number of carbonyl (C=O) groups is 2. The summed E-state index contributed by atoms with van der Waals surface area (Å²) in [5.41, 5.74) is 0.736. The first-order valence-corrected chi connectivity index (χ1v) is 13.0. The van der Waals surface area contributed by atoms with E-state index in [1.54, 1.807) is 12.1 Å². The Bertz CT molecular complexity index is 982. The Morgan fingerprint density at radius 1 is 1.19 bits per heavy atom. The summed E-state index contributed by atoms with van der Waals surface area (Å²) in [6.07, 6.45) is 4.56. The summed E-state index contributed by atoms with van der Waals surface area (Å²) in [7, 11) is -3.51. The number of benzene rings is 1. The normalized spacial score (nSPS) is 20.7. The van der Waals surface area contributed by atoms with Crippen LogP contribution in [0.5, 0.6) is 11.5 Å². The monoisotopic (exact) mass is 485 g/mol. The summed E-state index contributed by atoms with van der Waals surface area (Å²) in [5, 5.41) is 2.68. The Labute approximate surface area is 192 Å². The van der Waals surface area contributed by atoms with Crippen molar-refractivity contribution in [2.45, 2.75) is 44.6 Å². The fourth-order valence-corrected chi connectivity index (χ4v) is 5.45. The van der Waals surface area contributed by atoms with Gasteiger partial charge in [-0.2, -0.15) is 0 Å². The standard InChI is InChI=1S/C21H28ClN3O6S/c22-16-7-6-15-17(8-10-30-19(15)20(16)31-13-14-4-5-14)24-32(28,29)11-3-1-2-9-25-12-18(26)23-21(25)27/h6-7,14,17,24H,1-5,8-13H2,(H,23,26,27). The molecule has 3 amide bonds. The third-order valence-corrected chi connectivity index (χ3v) is 7.58. The van der Waals surface area contributed by atoms with Crippen molar-refractivity contribution in [3.05, 3.63) is 22.7 Å². The minimum Gasteiger partial charge on any atom is -0.489 e. The second-order valence-electron chi connectivity index (χ2n) is 8.51. The van der Waals surface area contributed by atoms with Gasteiger partial charge in [-0.1, -0.05) is 24.1 Å². The molecule has 2 fully saturated rings. The number of urea groups is 1. The van der Waals surface area contributed by atoms with E-state index in [2.05, 4.69) is 10.0 Å². The summed E-state index contributed by atoms with van der Waals surface area (Å²) in [5.74, 6) is 1.25. The lowest BCUT2D eigenvalue weighted by atomic mass is 10.0. The highest BCUT2D eigenvalue weighted by Gasteiger charge is 2.31. The number of hydrogen-bond acceptors (Lipinski definition) is 6. The summed E-state index contributed by atoms with van der Waals surface area (Å²) in [6, 6.07) is 2.72. The van der Waals surface area contributed by atoms with E-state index in [1.165, 1.54) is 4.90 Å². The van der Waals surface area contributed by atoms with E-state index < -0.39 is 16.1 Å². The lowest BCUT2D eigenvalue weighted by Gasteiger charge is -2.28. The summed E-state index contributed by atoms with van der Waals surface area (Å²) in [6.45, 7) is 1.46. The zero-order valence-electron chi connectivity index (χ0n) is 17.8. The molecule has 32 heavy (non-hydrogen) atoms. The van der Waals surface area contributed by atoms with Gasteiger partial charge < -0.3 is 14.4 Å². The maximum absolute atomic E-state index is 12.7. The predicted octanol–water partition coefficient (Wildman–Crippen LogP) is 2.59. The maximum Gasteiger partial charge on any atom is 0.324 e. The van der Waals surface area contributed by atoms with Gasteiger partial charge in [0.15, 0.2) is 11.5 Å². The fourth-order valence-electron chi connectivity index (χ4n) is 3.86. The second-order valence-corrected chi connectivity index (χ2v) is 10.8. The topological polar surface area (TPSA) is 114 Å². The Morgan fingerprint density at radius 2 is 2.00 bits per heavy atom. The molecule has 2 N–H and O–H groups in total. The van der Waals surface area contributed by atoms with Crippen LogP contribution in [-0.2, 0) is 14.8 Å². The molecule has 1 saturated carbocycles. The molecule has 4 rings (SSSR count). The molecule has 176 valence electrons. The van der Waals surface area contributed by atoms with E-state index in [-0.39, 0.29) is 24.2 Å². The van der Waals surface area contributed by atoms with E-state index >= 15 is 0 Å². The molecule has 0 radical (unpaired) electrons.